The highest BCUT2D eigenvalue weighted by Crippen LogP contribution is 2.23. The number of amides is 1. The molecule has 0 spiro atoms. The molecule has 0 heterocycles. The number of carbonyl (C=O) groups is 1. The fourth-order valence-electron chi connectivity index (χ4n) is 3.07. The Balaban J connectivity index is 1.67. The number of benzene rings is 2. The quantitative estimate of drug-likeness (QED) is 0.707. The van der Waals surface area contributed by atoms with Crippen molar-refractivity contribution in [2.45, 2.75) is 57.0 Å². The third kappa shape index (κ3) is 5.42. The molecule has 1 atom stereocenters. The summed E-state index contributed by atoms with van der Waals surface area (Å²) in [4.78, 5) is 12.8. The van der Waals surface area contributed by atoms with Crippen molar-refractivity contribution in [2.24, 2.45) is 5.92 Å². The molecule has 0 aromatic heterocycles. The van der Waals surface area contributed by atoms with Crippen molar-refractivity contribution in [3.63, 3.8) is 0 Å². The summed E-state index contributed by atoms with van der Waals surface area (Å²) in [7, 11) is -3.58. The number of hydrogen-bond acceptors (Lipinski definition) is 3. The molecule has 5 nitrogen and oxygen atoms in total. The summed E-state index contributed by atoms with van der Waals surface area (Å²) in [6.45, 7) is 6.29. The second kappa shape index (κ2) is 8.45. The fraction of sp³-hybridized carbons (Fsp3) is 0.409. The van der Waals surface area contributed by atoms with Crippen LogP contribution in [0.1, 0.15) is 61.1 Å². The topological polar surface area (TPSA) is 75.3 Å². The van der Waals surface area contributed by atoms with Gasteiger partial charge in [0.05, 0.1) is 10.9 Å². The Morgan fingerprint density at radius 2 is 1.75 bits per heavy atom. The van der Waals surface area contributed by atoms with E-state index >= 15 is 0 Å². The van der Waals surface area contributed by atoms with Crippen LogP contribution in [0.25, 0.3) is 0 Å². The smallest absolute Gasteiger partial charge is 0.251 e. The van der Waals surface area contributed by atoms with E-state index in [-0.39, 0.29) is 22.9 Å². The van der Waals surface area contributed by atoms with Gasteiger partial charge in [-0.1, -0.05) is 44.2 Å². The van der Waals surface area contributed by atoms with Crippen molar-refractivity contribution in [1.82, 2.24) is 10.0 Å². The van der Waals surface area contributed by atoms with Gasteiger partial charge in [0.2, 0.25) is 10.0 Å². The molecule has 0 aliphatic heterocycles. The van der Waals surface area contributed by atoms with Crippen LogP contribution in [0.3, 0.4) is 0 Å². The zero-order valence-corrected chi connectivity index (χ0v) is 17.4. The number of carbonyl (C=O) groups excluding carboxylic acids is 1. The molecular weight excluding hydrogens is 372 g/mol. The molecule has 1 fully saturated rings. The maximum atomic E-state index is 12.6. The van der Waals surface area contributed by atoms with Crippen molar-refractivity contribution >= 4 is 15.9 Å². The zero-order chi connectivity index (χ0) is 20.3. The fourth-order valence-corrected chi connectivity index (χ4v) is 4.42. The van der Waals surface area contributed by atoms with E-state index in [1.54, 1.807) is 12.1 Å². The van der Waals surface area contributed by atoms with Crippen LogP contribution in [-0.4, -0.2) is 20.4 Å². The Morgan fingerprint density at radius 1 is 1.07 bits per heavy atom. The monoisotopic (exact) mass is 400 g/mol. The first kappa shape index (κ1) is 20.6. The van der Waals surface area contributed by atoms with Crippen molar-refractivity contribution < 1.29 is 13.2 Å². The Morgan fingerprint density at radius 3 is 2.36 bits per heavy atom. The molecule has 1 aliphatic carbocycles. The first-order valence-corrected chi connectivity index (χ1v) is 11.2. The minimum atomic E-state index is -3.58. The largest absolute Gasteiger partial charge is 0.346 e. The van der Waals surface area contributed by atoms with Gasteiger partial charge in [0.15, 0.2) is 0 Å². The van der Waals surface area contributed by atoms with E-state index < -0.39 is 10.0 Å². The minimum absolute atomic E-state index is 0.0289. The predicted octanol–water partition coefficient (Wildman–Crippen LogP) is 3.82. The van der Waals surface area contributed by atoms with Crippen molar-refractivity contribution in [3.05, 3.63) is 65.2 Å². The molecule has 0 unspecified atom stereocenters. The standard InChI is InChI=1S/C22H28N2O3S/c1-15(2)13-17-7-9-18(10-8-17)16(3)23-22(25)19-5-4-6-21(14-19)28(26,27)24-20-11-12-20/h4-10,14-16,20,24H,11-13H2,1-3H3,(H,23,25)/t16-/m0/s1. The van der Waals surface area contributed by atoms with Crippen LogP contribution in [0.5, 0.6) is 0 Å². The van der Waals surface area contributed by atoms with Gasteiger partial charge in [-0.05, 0) is 61.4 Å². The molecule has 2 N–H and O–H groups in total. The van der Waals surface area contributed by atoms with Gasteiger partial charge in [-0.2, -0.15) is 0 Å². The summed E-state index contributed by atoms with van der Waals surface area (Å²) >= 11 is 0. The van der Waals surface area contributed by atoms with Crippen molar-refractivity contribution in [1.29, 1.82) is 0 Å². The maximum Gasteiger partial charge on any atom is 0.251 e. The second-order valence-corrected chi connectivity index (χ2v) is 9.67. The third-order valence-corrected chi connectivity index (χ3v) is 6.30. The molecular formula is C22H28N2O3S. The maximum absolute atomic E-state index is 12.6. The van der Waals surface area contributed by atoms with E-state index in [2.05, 4.69) is 36.0 Å². The molecule has 0 radical (unpaired) electrons. The highest BCUT2D eigenvalue weighted by atomic mass is 32.2. The molecule has 6 heteroatoms. The van der Waals surface area contributed by atoms with Gasteiger partial charge < -0.3 is 5.32 Å². The van der Waals surface area contributed by atoms with Gasteiger partial charge in [0.25, 0.3) is 5.91 Å². The van der Waals surface area contributed by atoms with E-state index in [0.717, 1.165) is 24.8 Å². The number of nitrogens with one attached hydrogen (secondary N) is 2. The molecule has 28 heavy (non-hydrogen) atoms. The Hall–Kier alpha value is -2.18. The average Bonchev–Trinajstić information content (AvgIpc) is 3.45. The summed E-state index contributed by atoms with van der Waals surface area (Å²) in [6.07, 6.45) is 2.76. The van der Waals surface area contributed by atoms with Crippen molar-refractivity contribution in [2.75, 3.05) is 0 Å². The van der Waals surface area contributed by atoms with Gasteiger partial charge in [0.1, 0.15) is 0 Å². The summed E-state index contributed by atoms with van der Waals surface area (Å²) < 4.78 is 27.4. The highest BCUT2D eigenvalue weighted by molar-refractivity contribution is 7.89. The molecule has 3 rings (SSSR count). The number of hydrogen-bond donors (Lipinski definition) is 2. The van der Waals surface area contributed by atoms with E-state index in [1.807, 2.05) is 19.1 Å². The number of sulfonamides is 1. The zero-order valence-electron chi connectivity index (χ0n) is 16.6. The lowest BCUT2D eigenvalue weighted by molar-refractivity contribution is 0.0939. The Bertz CT molecular complexity index is 933. The molecule has 0 saturated heterocycles. The van der Waals surface area contributed by atoms with Crippen molar-refractivity contribution in [3.8, 4) is 0 Å². The highest BCUT2D eigenvalue weighted by Gasteiger charge is 2.28. The van der Waals surface area contributed by atoms with Gasteiger partial charge >= 0.3 is 0 Å². The summed E-state index contributed by atoms with van der Waals surface area (Å²) in [5.74, 6) is 0.308. The summed E-state index contributed by atoms with van der Waals surface area (Å²) in [6, 6.07) is 14.3. The van der Waals surface area contributed by atoms with Crippen LogP contribution in [0, 0.1) is 5.92 Å². The van der Waals surface area contributed by atoms with E-state index in [0.29, 0.717) is 11.5 Å². The van der Waals surface area contributed by atoms with Gasteiger partial charge in [-0.25, -0.2) is 13.1 Å². The normalized spacial score (nSPS) is 15.4. The lowest BCUT2D eigenvalue weighted by Gasteiger charge is -2.16. The summed E-state index contributed by atoms with van der Waals surface area (Å²) in [5.41, 5.74) is 2.63. The first-order valence-electron chi connectivity index (χ1n) is 9.76. The predicted molar refractivity (Wildman–Crippen MR) is 111 cm³/mol. The summed E-state index contributed by atoms with van der Waals surface area (Å²) in [5, 5.41) is 2.95. The lowest BCUT2D eigenvalue weighted by Crippen LogP contribution is -2.28. The van der Waals surface area contributed by atoms with Crippen LogP contribution in [0.4, 0.5) is 0 Å². The number of rotatable bonds is 8. The third-order valence-electron chi connectivity index (χ3n) is 4.78. The SMILES string of the molecule is CC(C)Cc1ccc([C@H](C)NC(=O)c2cccc(S(=O)(=O)NC3CC3)c2)cc1. The Kier molecular flexibility index (Phi) is 6.20. The molecule has 2 aromatic carbocycles. The van der Waals surface area contributed by atoms with Crippen LogP contribution in [0.2, 0.25) is 0 Å². The van der Waals surface area contributed by atoms with Gasteiger partial charge in [0, 0.05) is 11.6 Å². The molecule has 2 aromatic rings. The first-order chi connectivity index (χ1) is 13.2. The minimum Gasteiger partial charge on any atom is -0.346 e. The van der Waals surface area contributed by atoms with Gasteiger partial charge in [-0.15, -0.1) is 0 Å². The van der Waals surface area contributed by atoms with Crippen LogP contribution in [-0.2, 0) is 16.4 Å². The molecule has 1 amide bonds. The van der Waals surface area contributed by atoms with Crippen LogP contribution >= 0.6 is 0 Å². The van der Waals surface area contributed by atoms with Crippen LogP contribution < -0.4 is 10.0 Å². The molecule has 0 bridgehead atoms. The molecule has 1 aliphatic rings. The average molecular weight is 401 g/mol. The van der Waals surface area contributed by atoms with E-state index in [4.69, 9.17) is 0 Å². The second-order valence-electron chi connectivity index (χ2n) is 7.96. The lowest BCUT2D eigenvalue weighted by atomic mass is 10.00. The van der Waals surface area contributed by atoms with E-state index in [1.165, 1.54) is 17.7 Å². The van der Waals surface area contributed by atoms with E-state index in [9.17, 15) is 13.2 Å². The molecule has 1 saturated carbocycles. The molecule has 150 valence electrons. The van der Waals surface area contributed by atoms with Crippen LogP contribution in [0.15, 0.2) is 53.4 Å². The Labute approximate surface area is 167 Å². The van der Waals surface area contributed by atoms with Gasteiger partial charge in [-0.3, -0.25) is 4.79 Å².